The topological polar surface area (TPSA) is 122 Å². The maximum atomic E-state index is 13.3. The van der Waals surface area contributed by atoms with Crippen molar-refractivity contribution in [3.05, 3.63) is 101 Å². The molecular formula is C33H38N4O5S. The molecule has 0 spiro atoms. The van der Waals surface area contributed by atoms with Gasteiger partial charge in [-0.05, 0) is 48.9 Å². The lowest BCUT2D eigenvalue weighted by atomic mass is 10.0. The highest BCUT2D eigenvalue weighted by Gasteiger charge is 2.28. The molecule has 4 rings (SSSR count). The summed E-state index contributed by atoms with van der Waals surface area (Å²) >= 11 is 0. The Bertz CT molecular complexity index is 1670. The maximum absolute atomic E-state index is 13.3. The van der Waals surface area contributed by atoms with Crippen LogP contribution in [0.5, 0.6) is 0 Å². The number of hydrogen-bond donors (Lipinski definition) is 2. The van der Waals surface area contributed by atoms with Gasteiger partial charge in [0.2, 0.25) is 17.7 Å². The summed E-state index contributed by atoms with van der Waals surface area (Å²) in [5.74, 6) is -0.0402. The van der Waals surface area contributed by atoms with Crippen LogP contribution in [-0.2, 0) is 32.6 Å². The fraction of sp³-hybridized carbons (Fsp3) is 0.303. The van der Waals surface area contributed by atoms with Gasteiger partial charge in [0.15, 0.2) is 0 Å². The Labute approximate surface area is 253 Å². The van der Waals surface area contributed by atoms with Crippen LogP contribution in [0.25, 0.3) is 11.1 Å². The smallest absolute Gasteiger partial charge is 0.264 e. The number of aromatic nitrogens is 1. The van der Waals surface area contributed by atoms with E-state index in [0.717, 1.165) is 11.1 Å². The summed E-state index contributed by atoms with van der Waals surface area (Å²) in [5.41, 5.74) is 4.19. The predicted octanol–water partition coefficient (Wildman–Crippen LogP) is 5.49. The molecule has 226 valence electrons. The number of benzene rings is 3. The van der Waals surface area contributed by atoms with Crippen molar-refractivity contribution in [1.29, 1.82) is 0 Å². The summed E-state index contributed by atoms with van der Waals surface area (Å²) < 4.78 is 34.2. The molecule has 0 saturated carbocycles. The van der Waals surface area contributed by atoms with Crippen LogP contribution in [0.2, 0.25) is 0 Å². The van der Waals surface area contributed by atoms with Crippen LogP contribution in [-0.4, -0.2) is 43.4 Å². The van der Waals surface area contributed by atoms with Gasteiger partial charge in [-0.1, -0.05) is 91.8 Å². The zero-order valence-electron chi connectivity index (χ0n) is 25.1. The van der Waals surface area contributed by atoms with Gasteiger partial charge >= 0.3 is 0 Å². The van der Waals surface area contributed by atoms with Crippen molar-refractivity contribution < 1.29 is 22.5 Å². The lowest BCUT2D eigenvalue weighted by molar-refractivity contribution is -0.139. The number of sulfonamides is 1. The van der Waals surface area contributed by atoms with E-state index in [1.54, 1.807) is 44.0 Å². The number of likely N-dealkylation sites (N-methyl/N-ethyl adjacent to an activating group) is 1. The minimum Gasteiger partial charge on any atom is -0.350 e. The van der Waals surface area contributed by atoms with Crippen LogP contribution in [0.1, 0.15) is 42.7 Å². The molecule has 0 unspecified atom stereocenters. The predicted molar refractivity (Wildman–Crippen MR) is 167 cm³/mol. The highest BCUT2D eigenvalue weighted by molar-refractivity contribution is 7.92. The average Bonchev–Trinajstić information content (AvgIpc) is 3.30. The Balaban J connectivity index is 1.45. The fourth-order valence-electron chi connectivity index (χ4n) is 4.69. The highest BCUT2D eigenvalue weighted by Crippen LogP contribution is 2.30. The van der Waals surface area contributed by atoms with Crippen molar-refractivity contribution >= 4 is 27.7 Å². The Morgan fingerprint density at radius 2 is 1.56 bits per heavy atom. The molecular weight excluding hydrogens is 564 g/mol. The first kappa shape index (κ1) is 31.5. The number of amides is 2. The van der Waals surface area contributed by atoms with Gasteiger partial charge in [-0.2, -0.15) is 0 Å². The molecule has 10 heteroatoms. The second-order valence-corrected chi connectivity index (χ2v) is 12.7. The molecule has 1 atom stereocenters. The van der Waals surface area contributed by atoms with E-state index in [0.29, 0.717) is 28.8 Å². The van der Waals surface area contributed by atoms with Crippen LogP contribution in [0.4, 0.5) is 5.88 Å². The van der Waals surface area contributed by atoms with Crippen LogP contribution in [0, 0.1) is 19.8 Å². The van der Waals surface area contributed by atoms with Crippen LogP contribution in [0.15, 0.2) is 88.3 Å². The zero-order chi connectivity index (χ0) is 31.1. The minimum atomic E-state index is -3.96. The molecule has 43 heavy (non-hydrogen) atoms. The normalized spacial score (nSPS) is 12.1. The number of anilines is 1. The molecule has 0 radical (unpaired) electrons. The third-order valence-corrected chi connectivity index (χ3v) is 8.74. The number of hydrogen-bond acceptors (Lipinski definition) is 6. The van der Waals surface area contributed by atoms with E-state index in [-0.39, 0.29) is 41.5 Å². The SMILES string of the molecule is Cc1noc(NS(=O)(=O)c2ccccc2-c2ccc(CNC(=O)[C@H](CC(C)C)N(C)C(=O)Cc3ccccc3)cc2)c1C. The summed E-state index contributed by atoms with van der Waals surface area (Å²) in [6, 6.07) is 22.9. The van der Waals surface area contributed by atoms with Gasteiger partial charge in [-0.3, -0.25) is 9.59 Å². The van der Waals surface area contributed by atoms with Crippen LogP contribution < -0.4 is 10.0 Å². The molecule has 2 N–H and O–H groups in total. The van der Waals surface area contributed by atoms with E-state index in [9.17, 15) is 18.0 Å². The van der Waals surface area contributed by atoms with Crippen molar-refractivity contribution in [1.82, 2.24) is 15.4 Å². The maximum Gasteiger partial charge on any atom is 0.264 e. The van der Waals surface area contributed by atoms with E-state index in [1.807, 2.05) is 68.4 Å². The average molecular weight is 603 g/mol. The Morgan fingerprint density at radius 1 is 0.907 bits per heavy atom. The molecule has 0 aliphatic carbocycles. The molecule has 0 bridgehead atoms. The van der Waals surface area contributed by atoms with E-state index in [4.69, 9.17) is 4.52 Å². The summed E-state index contributed by atoms with van der Waals surface area (Å²) in [6.07, 6.45) is 0.763. The number of nitrogens with one attached hydrogen (secondary N) is 2. The van der Waals surface area contributed by atoms with E-state index >= 15 is 0 Å². The standard InChI is InChI=1S/C33H38N4O5S/c1-22(2)19-29(37(5)31(38)20-25-11-7-6-8-12-25)32(39)34-21-26-15-17-27(18-16-26)28-13-9-10-14-30(28)43(40,41)36-33-23(3)24(4)35-42-33/h6-18,22,29,36H,19-21H2,1-5H3,(H,34,39)/t29-/m0/s1. The first-order chi connectivity index (χ1) is 20.5. The first-order valence-corrected chi connectivity index (χ1v) is 15.7. The Morgan fingerprint density at radius 3 is 2.19 bits per heavy atom. The number of rotatable bonds is 12. The second kappa shape index (κ2) is 13.7. The van der Waals surface area contributed by atoms with Crippen molar-refractivity contribution in [3.63, 3.8) is 0 Å². The van der Waals surface area contributed by atoms with Crippen molar-refractivity contribution in [2.24, 2.45) is 5.92 Å². The van der Waals surface area contributed by atoms with Crippen molar-refractivity contribution in [2.75, 3.05) is 11.8 Å². The quantitative estimate of drug-likeness (QED) is 0.221. The largest absolute Gasteiger partial charge is 0.350 e. The molecule has 2 amide bonds. The summed E-state index contributed by atoms with van der Waals surface area (Å²) in [4.78, 5) is 27.9. The Hall–Kier alpha value is -4.44. The number of aryl methyl sites for hydroxylation is 1. The fourth-order valence-corrected chi connectivity index (χ4v) is 5.97. The van der Waals surface area contributed by atoms with E-state index in [2.05, 4.69) is 15.2 Å². The van der Waals surface area contributed by atoms with Gasteiger partial charge in [0.25, 0.3) is 10.0 Å². The zero-order valence-corrected chi connectivity index (χ0v) is 25.9. The number of nitrogens with zero attached hydrogens (tertiary/aromatic N) is 2. The van der Waals surface area contributed by atoms with Gasteiger partial charge in [-0.25, -0.2) is 13.1 Å². The van der Waals surface area contributed by atoms with Crippen LogP contribution >= 0.6 is 0 Å². The summed E-state index contributed by atoms with van der Waals surface area (Å²) in [7, 11) is -2.28. The van der Waals surface area contributed by atoms with Crippen molar-refractivity contribution in [3.8, 4) is 11.1 Å². The minimum absolute atomic E-state index is 0.0848. The lowest BCUT2D eigenvalue weighted by Gasteiger charge is -2.29. The molecule has 4 aromatic rings. The van der Waals surface area contributed by atoms with Gasteiger partial charge in [-0.15, -0.1) is 0 Å². The van der Waals surface area contributed by atoms with Gasteiger partial charge < -0.3 is 14.7 Å². The molecule has 9 nitrogen and oxygen atoms in total. The molecule has 3 aromatic carbocycles. The van der Waals surface area contributed by atoms with E-state index < -0.39 is 16.1 Å². The van der Waals surface area contributed by atoms with Crippen molar-refractivity contribution in [2.45, 2.75) is 58.0 Å². The van der Waals surface area contributed by atoms with Crippen LogP contribution in [0.3, 0.4) is 0 Å². The summed E-state index contributed by atoms with van der Waals surface area (Å²) in [6.45, 7) is 7.78. The number of carbonyl (C=O) groups is 2. The molecule has 1 aromatic heterocycles. The van der Waals surface area contributed by atoms with Gasteiger partial charge in [0, 0.05) is 24.7 Å². The first-order valence-electron chi connectivity index (χ1n) is 14.2. The third-order valence-electron chi connectivity index (χ3n) is 7.35. The summed E-state index contributed by atoms with van der Waals surface area (Å²) in [5, 5.41) is 6.80. The van der Waals surface area contributed by atoms with Gasteiger partial charge in [0.05, 0.1) is 17.0 Å². The lowest BCUT2D eigenvalue weighted by Crippen LogP contribution is -2.48. The molecule has 1 heterocycles. The van der Waals surface area contributed by atoms with E-state index in [1.165, 1.54) is 6.07 Å². The highest BCUT2D eigenvalue weighted by atomic mass is 32.2. The molecule has 0 fully saturated rings. The molecule has 0 aliphatic rings. The molecule has 0 saturated heterocycles. The monoisotopic (exact) mass is 602 g/mol. The third kappa shape index (κ3) is 7.90. The molecule has 0 aliphatic heterocycles. The Kier molecular flexibility index (Phi) is 10.0. The number of carbonyl (C=O) groups excluding carboxylic acids is 2. The van der Waals surface area contributed by atoms with Gasteiger partial charge in [0.1, 0.15) is 6.04 Å². The second-order valence-electron chi connectivity index (χ2n) is 11.1.